The number of halogens is 1. The Balaban J connectivity index is 2.77. The highest BCUT2D eigenvalue weighted by atomic mass is 35.5. The Morgan fingerprint density at radius 2 is 1.95 bits per heavy atom. The van der Waals surface area contributed by atoms with Crippen molar-refractivity contribution in [1.82, 2.24) is 10.6 Å². The number of rotatable bonds is 6. The van der Waals surface area contributed by atoms with E-state index in [0.29, 0.717) is 10.6 Å². The van der Waals surface area contributed by atoms with Gasteiger partial charge in [0, 0.05) is 16.6 Å². The summed E-state index contributed by atoms with van der Waals surface area (Å²) in [7, 11) is 0. The van der Waals surface area contributed by atoms with Crippen LogP contribution in [-0.2, 0) is 4.79 Å². The van der Waals surface area contributed by atoms with Crippen LogP contribution >= 0.6 is 11.6 Å². The van der Waals surface area contributed by atoms with Gasteiger partial charge in [-0.1, -0.05) is 43.1 Å². The van der Waals surface area contributed by atoms with Crippen molar-refractivity contribution in [3.05, 3.63) is 34.9 Å². The summed E-state index contributed by atoms with van der Waals surface area (Å²) >= 11 is 5.97. The molecule has 1 unspecified atom stereocenters. The van der Waals surface area contributed by atoms with Crippen molar-refractivity contribution in [3.63, 3.8) is 0 Å². The Bertz CT molecular complexity index is 479. The first-order valence-electron chi connectivity index (χ1n) is 6.50. The minimum Gasteiger partial charge on any atom is -0.479 e. The average molecular weight is 299 g/mol. The number of urea groups is 1. The molecule has 0 aliphatic carbocycles. The van der Waals surface area contributed by atoms with Gasteiger partial charge in [-0.05, 0) is 19.4 Å². The van der Waals surface area contributed by atoms with Crippen LogP contribution in [0.1, 0.15) is 38.3 Å². The molecule has 3 N–H and O–H groups in total. The van der Waals surface area contributed by atoms with Gasteiger partial charge in [0.15, 0.2) is 6.04 Å². The number of carbonyl (C=O) groups excluding carboxylic acids is 1. The molecule has 110 valence electrons. The summed E-state index contributed by atoms with van der Waals surface area (Å²) in [6, 6.07) is 4.85. The summed E-state index contributed by atoms with van der Waals surface area (Å²) in [5.41, 5.74) is 0.361. The van der Waals surface area contributed by atoms with E-state index in [-0.39, 0.29) is 6.04 Å². The molecule has 0 aliphatic rings. The predicted molar refractivity (Wildman–Crippen MR) is 77.9 cm³/mol. The lowest BCUT2D eigenvalue weighted by Gasteiger charge is -2.19. The number of hydrogen-bond donors (Lipinski definition) is 3. The highest BCUT2D eigenvalue weighted by Crippen LogP contribution is 2.22. The van der Waals surface area contributed by atoms with Crippen molar-refractivity contribution < 1.29 is 14.7 Å². The van der Waals surface area contributed by atoms with E-state index in [1.54, 1.807) is 24.3 Å². The Morgan fingerprint density at radius 1 is 1.30 bits per heavy atom. The third-order valence-electron chi connectivity index (χ3n) is 2.84. The van der Waals surface area contributed by atoms with Gasteiger partial charge < -0.3 is 15.7 Å². The van der Waals surface area contributed by atoms with Crippen LogP contribution in [0.25, 0.3) is 0 Å². The normalized spacial score (nSPS) is 13.3. The van der Waals surface area contributed by atoms with Crippen molar-refractivity contribution >= 4 is 23.6 Å². The molecule has 0 bridgehead atoms. The molecule has 6 heteroatoms. The fourth-order valence-corrected chi connectivity index (χ4v) is 2.13. The van der Waals surface area contributed by atoms with Crippen molar-refractivity contribution in [2.24, 2.45) is 0 Å². The predicted octanol–water partition coefficient (Wildman–Crippen LogP) is 2.95. The van der Waals surface area contributed by atoms with Crippen LogP contribution in [0.3, 0.4) is 0 Å². The minimum absolute atomic E-state index is 0.0132. The van der Waals surface area contributed by atoms with E-state index in [9.17, 15) is 14.7 Å². The van der Waals surface area contributed by atoms with Crippen LogP contribution in [0.15, 0.2) is 24.3 Å². The summed E-state index contributed by atoms with van der Waals surface area (Å²) < 4.78 is 0. The van der Waals surface area contributed by atoms with Crippen LogP contribution in [-0.4, -0.2) is 23.1 Å². The largest absolute Gasteiger partial charge is 0.479 e. The van der Waals surface area contributed by atoms with Crippen molar-refractivity contribution in [2.45, 2.75) is 38.8 Å². The van der Waals surface area contributed by atoms with Gasteiger partial charge in [-0.15, -0.1) is 0 Å². The average Bonchev–Trinajstić information content (AvgIpc) is 2.37. The van der Waals surface area contributed by atoms with Crippen LogP contribution in [0.4, 0.5) is 4.79 Å². The van der Waals surface area contributed by atoms with E-state index in [2.05, 4.69) is 10.6 Å². The smallest absolute Gasteiger partial charge is 0.331 e. The molecular formula is C14H19ClN2O3. The monoisotopic (exact) mass is 298 g/mol. The number of carbonyl (C=O) groups is 2. The van der Waals surface area contributed by atoms with Gasteiger partial charge in [-0.3, -0.25) is 0 Å². The zero-order chi connectivity index (χ0) is 15.1. The SMILES string of the molecule is CCCC(C)NC(=O)N[C@@H](C(=O)O)c1ccccc1Cl. The molecule has 1 aromatic rings. The molecule has 0 aliphatic heterocycles. The van der Waals surface area contributed by atoms with Crippen LogP contribution in [0, 0.1) is 0 Å². The number of aliphatic carboxylic acids is 1. The van der Waals surface area contributed by atoms with Crippen molar-refractivity contribution in [1.29, 1.82) is 0 Å². The van der Waals surface area contributed by atoms with Gasteiger partial charge in [-0.25, -0.2) is 9.59 Å². The number of carboxylic acid groups (broad SMARTS) is 1. The Hall–Kier alpha value is -1.75. The molecule has 1 aromatic carbocycles. The molecule has 20 heavy (non-hydrogen) atoms. The summed E-state index contributed by atoms with van der Waals surface area (Å²) in [5.74, 6) is -1.16. The molecule has 2 atom stereocenters. The number of hydrogen-bond acceptors (Lipinski definition) is 2. The van der Waals surface area contributed by atoms with Gasteiger partial charge in [-0.2, -0.15) is 0 Å². The van der Waals surface area contributed by atoms with Crippen LogP contribution in [0.5, 0.6) is 0 Å². The van der Waals surface area contributed by atoms with Crippen molar-refractivity contribution in [2.75, 3.05) is 0 Å². The third-order valence-corrected chi connectivity index (χ3v) is 3.18. The molecule has 0 saturated carbocycles. The fraction of sp³-hybridized carbons (Fsp3) is 0.429. The van der Waals surface area contributed by atoms with Gasteiger partial charge >= 0.3 is 12.0 Å². The summed E-state index contributed by atoms with van der Waals surface area (Å²) in [4.78, 5) is 23.1. The van der Waals surface area contributed by atoms with E-state index in [0.717, 1.165) is 12.8 Å². The first kappa shape index (κ1) is 16.3. The van der Waals surface area contributed by atoms with E-state index < -0.39 is 18.0 Å². The first-order valence-corrected chi connectivity index (χ1v) is 6.87. The fourth-order valence-electron chi connectivity index (χ4n) is 1.88. The van der Waals surface area contributed by atoms with Gasteiger partial charge in [0.2, 0.25) is 0 Å². The summed E-state index contributed by atoms with van der Waals surface area (Å²) in [5, 5.41) is 14.7. The van der Waals surface area contributed by atoms with Crippen LogP contribution < -0.4 is 10.6 Å². The van der Waals surface area contributed by atoms with Gasteiger partial charge in [0.05, 0.1) is 0 Å². The van der Waals surface area contributed by atoms with Gasteiger partial charge in [0.1, 0.15) is 0 Å². The quantitative estimate of drug-likeness (QED) is 0.755. The molecule has 0 heterocycles. The number of carboxylic acids is 1. The molecule has 0 aromatic heterocycles. The second-order valence-electron chi connectivity index (χ2n) is 4.60. The second kappa shape index (κ2) is 7.75. The molecule has 1 rings (SSSR count). The molecule has 2 amide bonds. The maximum atomic E-state index is 11.8. The highest BCUT2D eigenvalue weighted by molar-refractivity contribution is 6.31. The van der Waals surface area contributed by atoms with E-state index in [1.165, 1.54) is 0 Å². The zero-order valence-corrected chi connectivity index (χ0v) is 12.3. The second-order valence-corrected chi connectivity index (χ2v) is 5.01. The van der Waals surface area contributed by atoms with E-state index in [1.807, 2.05) is 13.8 Å². The maximum Gasteiger partial charge on any atom is 0.331 e. The molecule has 5 nitrogen and oxygen atoms in total. The molecule has 0 radical (unpaired) electrons. The number of benzene rings is 1. The highest BCUT2D eigenvalue weighted by Gasteiger charge is 2.24. The zero-order valence-electron chi connectivity index (χ0n) is 11.5. The Labute approximate surface area is 123 Å². The molecule has 0 saturated heterocycles. The lowest BCUT2D eigenvalue weighted by Crippen LogP contribution is -2.44. The lowest BCUT2D eigenvalue weighted by molar-refractivity contribution is -0.139. The maximum absolute atomic E-state index is 11.8. The molecular weight excluding hydrogens is 280 g/mol. The van der Waals surface area contributed by atoms with Crippen molar-refractivity contribution in [3.8, 4) is 0 Å². The summed E-state index contributed by atoms with van der Waals surface area (Å²) in [6.45, 7) is 3.88. The number of nitrogens with one attached hydrogen (secondary N) is 2. The van der Waals surface area contributed by atoms with E-state index in [4.69, 9.17) is 11.6 Å². The van der Waals surface area contributed by atoms with Gasteiger partial charge in [0.25, 0.3) is 0 Å². The lowest BCUT2D eigenvalue weighted by atomic mass is 10.1. The standard InChI is InChI=1S/C14H19ClN2O3/c1-3-6-9(2)16-14(20)17-12(13(18)19)10-7-4-5-8-11(10)15/h4-5,7-9,12H,3,6H2,1-2H3,(H,18,19)(H2,16,17,20)/t9?,12-/m1/s1. The molecule has 0 spiro atoms. The summed E-state index contributed by atoms with van der Waals surface area (Å²) in [6.07, 6.45) is 1.77. The number of amides is 2. The topological polar surface area (TPSA) is 78.4 Å². The minimum atomic E-state index is -1.17. The van der Waals surface area contributed by atoms with Crippen LogP contribution in [0.2, 0.25) is 5.02 Å². The third kappa shape index (κ3) is 4.74. The Morgan fingerprint density at radius 3 is 2.50 bits per heavy atom. The molecule has 0 fully saturated rings. The Kier molecular flexibility index (Phi) is 6.31. The first-order chi connectivity index (χ1) is 9.45. The van der Waals surface area contributed by atoms with E-state index >= 15 is 0 Å².